The van der Waals surface area contributed by atoms with Gasteiger partial charge in [0, 0.05) is 37.8 Å². The maximum Gasteiger partial charge on any atom is 0.228 e. The van der Waals surface area contributed by atoms with E-state index in [0.717, 1.165) is 12.1 Å². The molecule has 2 fully saturated rings. The van der Waals surface area contributed by atoms with Gasteiger partial charge in [0.1, 0.15) is 0 Å². The number of benzene rings is 1. The number of amides is 2. The summed E-state index contributed by atoms with van der Waals surface area (Å²) < 4.78 is 26.2. The molecule has 114 valence electrons. The van der Waals surface area contributed by atoms with Crippen molar-refractivity contribution in [1.82, 2.24) is 4.90 Å². The number of terminal acetylenes is 1. The average molecular weight is 304 g/mol. The van der Waals surface area contributed by atoms with Crippen molar-refractivity contribution in [3.05, 3.63) is 29.8 Å². The average Bonchev–Trinajstić information content (AvgIpc) is 2.83. The fourth-order valence-electron chi connectivity index (χ4n) is 2.80. The highest BCUT2D eigenvalue weighted by Crippen LogP contribution is 2.29. The number of likely N-dealkylation sites (tertiary alicyclic amines) is 1. The lowest BCUT2D eigenvalue weighted by molar-refractivity contribution is -0.140. The molecule has 0 spiro atoms. The Balaban J connectivity index is 1.69. The van der Waals surface area contributed by atoms with Gasteiger partial charge in [-0.2, -0.15) is 0 Å². The highest BCUT2D eigenvalue weighted by Gasteiger charge is 2.40. The number of anilines is 1. The van der Waals surface area contributed by atoms with Crippen LogP contribution in [0.2, 0.25) is 0 Å². The van der Waals surface area contributed by atoms with Crippen LogP contribution in [0.3, 0.4) is 0 Å². The zero-order valence-corrected chi connectivity index (χ0v) is 11.8. The van der Waals surface area contributed by atoms with Crippen LogP contribution < -0.4 is 4.90 Å². The molecule has 0 bridgehead atoms. The summed E-state index contributed by atoms with van der Waals surface area (Å²) in [7, 11) is 0. The van der Waals surface area contributed by atoms with E-state index >= 15 is 0 Å². The molecular weight excluding hydrogens is 290 g/mol. The van der Waals surface area contributed by atoms with Crippen LogP contribution in [-0.4, -0.2) is 36.3 Å². The Hall–Kier alpha value is -2.42. The van der Waals surface area contributed by atoms with E-state index in [2.05, 4.69) is 5.92 Å². The van der Waals surface area contributed by atoms with Crippen LogP contribution in [0.5, 0.6) is 0 Å². The van der Waals surface area contributed by atoms with Crippen molar-refractivity contribution in [3.8, 4) is 12.3 Å². The molecule has 0 saturated carbocycles. The van der Waals surface area contributed by atoms with Crippen LogP contribution in [0.25, 0.3) is 0 Å². The Bertz CT molecular complexity index is 677. The fourth-order valence-corrected chi connectivity index (χ4v) is 2.80. The van der Waals surface area contributed by atoms with Gasteiger partial charge in [-0.25, -0.2) is 8.78 Å². The lowest BCUT2D eigenvalue weighted by Gasteiger charge is -2.37. The summed E-state index contributed by atoms with van der Waals surface area (Å²) in [5.74, 6) is -0.144. The quantitative estimate of drug-likeness (QED) is 0.775. The molecule has 2 saturated heterocycles. The SMILES string of the molecule is C#CC1CN(C(=O)[C@H]2CC(=O)N(c3ccc(F)c(F)c3)C2)C1. The first-order valence-electron chi connectivity index (χ1n) is 7.00. The minimum Gasteiger partial charge on any atom is -0.340 e. The smallest absolute Gasteiger partial charge is 0.228 e. The minimum absolute atomic E-state index is 0.0784. The second kappa shape index (κ2) is 5.41. The van der Waals surface area contributed by atoms with E-state index in [1.54, 1.807) is 4.90 Å². The first kappa shape index (κ1) is 14.5. The van der Waals surface area contributed by atoms with E-state index in [-0.39, 0.29) is 36.4 Å². The van der Waals surface area contributed by atoms with Crippen molar-refractivity contribution in [2.24, 2.45) is 11.8 Å². The summed E-state index contributed by atoms with van der Waals surface area (Å²) in [6, 6.07) is 3.28. The molecule has 0 N–H and O–H groups in total. The highest BCUT2D eigenvalue weighted by atomic mass is 19.2. The standard InChI is InChI=1S/C16H14F2N2O2/c1-2-10-7-19(8-10)16(22)11-5-15(21)20(9-11)12-3-4-13(17)14(18)6-12/h1,3-4,6,10-11H,5,7-9H2/t11-/m0/s1. The van der Waals surface area contributed by atoms with Gasteiger partial charge in [-0.1, -0.05) is 5.92 Å². The molecule has 22 heavy (non-hydrogen) atoms. The van der Waals surface area contributed by atoms with Gasteiger partial charge in [0.15, 0.2) is 11.6 Å². The van der Waals surface area contributed by atoms with Gasteiger partial charge in [-0.05, 0) is 12.1 Å². The van der Waals surface area contributed by atoms with Gasteiger partial charge in [-0.15, -0.1) is 6.42 Å². The van der Waals surface area contributed by atoms with E-state index in [4.69, 9.17) is 6.42 Å². The van der Waals surface area contributed by atoms with Gasteiger partial charge >= 0.3 is 0 Å². The zero-order valence-electron chi connectivity index (χ0n) is 11.8. The largest absolute Gasteiger partial charge is 0.340 e. The monoisotopic (exact) mass is 304 g/mol. The number of carbonyl (C=O) groups excluding carboxylic acids is 2. The van der Waals surface area contributed by atoms with Gasteiger partial charge in [0.2, 0.25) is 11.8 Å². The van der Waals surface area contributed by atoms with E-state index in [1.165, 1.54) is 11.0 Å². The number of halogens is 2. The number of hydrogen-bond acceptors (Lipinski definition) is 2. The summed E-state index contributed by atoms with van der Waals surface area (Å²) in [6.45, 7) is 1.22. The van der Waals surface area contributed by atoms with Crippen LogP contribution in [0.15, 0.2) is 18.2 Å². The van der Waals surface area contributed by atoms with E-state index in [9.17, 15) is 18.4 Å². The van der Waals surface area contributed by atoms with Gasteiger partial charge in [0.25, 0.3) is 0 Å². The Morgan fingerprint density at radius 1 is 1.23 bits per heavy atom. The highest BCUT2D eigenvalue weighted by molar-refractivity contribution is 6.00. The van der Waals surface area contributed by atoms with Crippen molar-refractivity contribution in [2.75, 3.05) is 24.5 Å². The molecule has 2 amide bonds. The van der Waals surface area contributed by atoms with Crippen molar-refractivity contribution in [1.29, 1.82) is 0 Å². The summed E-state index contributed by atoms with van der Waals surface area (Å²) in [5.41, 5.74) is 0.268. The summed E-state index contributed by atoms with van der Waals surface area (Å²) in [5, 5.41) is 0. The molecule has 2 aliphatic heterocycles. The Kier molecular flexibility index (Phi) is 3.57. The van der Waals surface area contributed by atoms with E-state index in [0.29, 0.717) is 13.1 Å². The molecule has 1 aromatic carbocycles. The molecule has 1 atom stereocenters. The van der Waals surface area contributed by atoms with Crippen molar-refractivity contribution in [3.63, 3.8) is 0 Å². The van der Waals surface area contributed by atoms with Gasteiger partial charge in [-0.3, -0.25) is 9.59 Å². The zero-order chi connectivity index (χ0) is 15.9. The van der Waals surface area contributed by atoms with E-state index < -0.39 is 17.6 Å². The third kappa shape index (κ3) is 2.43. The first-order chi connectivity index (χ1) is 10.5. The van der Waals surface area contributed by atoms with Crippen LogP contribution in [0, 0.1) is 35.8 Å². The predicted molar refractivity (Wildman–Crippen MR) is 75.7 cm³/mol. The molecule has 3 rings (SSSR count). The topological polar surface area (TPSA) is 40.6 Å². The Labute approximate surface area is 126 Å². The lowest BCUT2D eigenvalue weighted by atomic mass is 9.97. The second-order valence-electron chi connectivity index (χ2n) is 5.61. The maximum absolute atomic E-state index is 13.3. The van der Waals surface area contributed by atoms with E-state index in [1.807, 2.05) is 0 Å². The van der Waals surface area contributed by atoms with Crippen LogP contribution in [-0.2, 0) is 9.59 Å². The molecule has 2 aliphatic rings. The number of nitrogens with zero attached hydrogens (tertiary/aromatic N) is 2. The first-order valence-corrected chi connectivity index (χ1v) is 7.00. The molecule has 6 heteroatoms. The molecule has 0 unspecified atom stereocenters. The fraction of sp³-hybridized carbons (Fsp3) is 0.375. The summed E-state index contributed by atoms with van der Waals surface area (Å²) in [4.78, 5) is 27.3. The predicted octanol–water partition coefficient (Wildman–Crippen LogP) is 1.41. The Morgan fingerprint density at radius 3 is 2.59 bits per heavy atom. The number of carbonyl (C=O) groups is 2. The third-order valence-corrected chi connectivity index (χ3v) is 4.12. The maximum atomic E-state index is 13.3. The number of hydrogen-bond donors (Lipinski definition) is 0. The molecule has 1 aromatic rings. The molecule has 0 aliphatic carbocycles. The molecule has 0 radical (unpaired) electrons. The normalized spacial score (nSPS) is 21.7. The van der Waals surface area contributed by atoms with Crippen molar-refractivity contribution >= 4 is 17.5 Å². The molecule has 4 nitrogen and oxygen atoms in total. The number of rotatable bonds is 2. The molecule has 2 heterocycles. The summed E-state index contributed by atoms with van der Waals surface area (Å²) in [6.07, 6.45) is 5.36. The molecule has 0 aromatic heterocycles. The van der Waals surface area contributed by atoms with Gasteiger partial charge in [0.05, 0.1) is 11.8 Å². The second-order valence-corrected chi connectivity index (χ2v) is 5.61. The van der Waals surface area contributed by atoms with Crippen molar-refractivity contribution < 1.29 is 18.4 Å². The van der Waals surface area contributed by atoms with Gasteiger partial charge < -0.3 is 9.80 Å². The summed E-state index contributed by atoms with van der Waals surface area (Å²) >= 11 is 0. The van der Waals surface area contributed by atoms with Crippen LogP contribution in [0.1, 0.15) is 6.42 Å². The lowest BCUT2D eigenvalue weighted by Crippen LogP contribution is -2.51. The Morgan fingerprint density at radius 2 is 1.95 bits per heavy atom. The third-order valence-electron chi connectivity index (χ3n) is 4.12. The minimum atomic E-state index is -1.01. The van der Waals surface area contributed by atoms with Crippen molar-refractivity contribution in [2.45, 2.75) is 6.42 Å². The van der Waals surface area contributed by atoms with Crippen LogP contribution in [0.4, 0.5) is 14.5 Å². The van der Waals surface area contributed by atoms with Crippen LogP contribution >= 0.6 is 0 Å². The molecular formula is C16H14F2N2O2.